The van der Waals surface area contributed by atoms with Crippen molar-refractivity contribution in [1.29, 1.82) is 0 Å². The average Bonchev–Trinajstić information content (AvgIpc) is 2.73. The summed E-state index contributed by atoms with van der Waals surface area (Å²) in [6, 6.07) is 15.1. The van der Waals surface area contributed by atoms with Gasteiger partial charge in [-0.3, -0.25) is 4.98 Å². The van der Waals surface area contributed by atoms with Gasteiger partial charge in [-0.25, -0.2) is 17.9 Å². The van der Waals surface area contributed by atoms with Gasteiger partial charge < -0.3 is 16.4 Å². The summed E-state index contributed by atoms with van der Waals surface area (Å²) in [6.45, 7) is 5.93. The Morgan fingerprint density at radius 2 is 1.66 bits per heavy atom. The third-order valence-corrected chi connectivity index (χ3v) is 6.21. The zero-order valence-corrected chi connectivity index (χ0v) is 19.1. The second-order valence-electron chi connectivity index (χ2n) is 7.56. The van der Waals surface area contributed by atoms with Crippen molar-refractivity contribution < 1.29 is 13.2 Å². The Balaban J connectivity index is 1.51. The Labute approximate surface area is 188 Å². The van der Waals surface area contributed by atoms with Gasteiger partial charge in [0.15, 0.2) is 0 Å². The zero-order valence-electron chi connectivity index (χ0n) is 18.3. The molecule has 0 spiro atoms. The first-order valence-electron chi connectivity index (χ1n) is 10.1. The SMILES string of the molecule is Cc1ccc(S(=O)(=O)NC(=O)NCCc2ccc(Nc3cc(C)nc(C)c3N)cc2)cc1. The maximum Gasteiger partial charge on any atom is 0.328 e. The van der Waals surface area contributed by atoms with Crippen molar-refractivity contribution in [2.24, 2.45) is 0 Å². The van der Waals surface area contributed by atoms with Crippen LogP contribution in [0.1, 0.15) is 22.5 Å². The minimum Gasteiger partial charge on any atom is -0.396 e. The molecule has 168 valence electrons. The van der Waals surface area contributed by atoms with E-state index in [1.807, 2.05) is 55.8 Å². The minimum absolute atomic E-state index is 0.0431. The largest absolute Gasteiger partial charge is 0.396 e. The van der Waals surface area contributed by atoms with Gasteiger partial charge >= 0.3 is 6.03 Å². The van der Waals surface area contributed by atoms with Gasteiger partial charge in [-0.15, -0.1) is 0 Å². The predicted octanol–water partition coefficient (Wildman–Crippen LogP) is 3.56. The number of rotatable bonds is 7. The molecule has 0 unspecified atom stereocenters. The van der Waals surface area contributed by atoms with Crippen molar-refractivity contribution in [2.45, 2.75) is 32.1 Å². The number of aromatic nitrogens is 1. The fraction of sp³-hybridized carbons (Fsp3) is 0.217. The standard InChI is InChI=1S/C23H27N5O3S/c1-15-4-10-20(11-5-15)32(30,31)28-23(29)25-13-12-18-6-8-19(9-7-18)27-21-14-16(2)26-17(3)22(21)24/h4-11,14H,12-13,24H2,1-3H3,(H,26,27)(H2,25,28,29). The van der Waals surface area contributed by atoms with Crippen molar-refractivity contribution >= 4 is 33.1 Å². The summed E-state index contributed by atoms with van der Waals surface area (Å²) in [4.78, 5) is 16.4. The molecule has 3 aromatic rings. The molecule has 0 radical (unpaired) electrons. The third-order valence-electron chi connectivity index (χ3n) is 4.87. The van der Waals surface area contributed by atoms with E-state index in [9.17, 15) is 13.2 Å². The first-order chi connectivity index (χ1) is 15.1. The lowest BCUT2D eigenvalue weighted by Gasteiger charge is -2.13. The first kappa shape index (κ1) is 23.1. The van der Waals surface area contributed by atoms with Gasteiger partial charge in [-0.05, 0) is 63.1 Å². The number of anilines is 3. The maximum atomic E-state index is 12.2. The van der Waals surface area contributed by atoms with E-state index in [1.165, 1.54) is 12.1 Å². The van der Waals surface area contributed by atoms with Crippen LogP contribution in [0, 0.1) is 20.8 Å². The lowest BCUT2D eigenvalue weighted by molar-refractivity contribution is 0.246. The molecule has 1 heterocycles. The van der Waals surface area contributed by atoms with Crippen LogP contribution in [0.15, 0.2) is 59.5 Å². The molecule has 3 rings (SSSR count). The van der Waals surface area contributed by atoms with Gasteiger partial charge in [-0.2, -0.15) is 0 Å². The van der Waals surface area contributed by atoms with Crippen LogP contribution < -0.4 is 21.1 Å². The molecule has 0 atom stereocenters. The summed E-state index contributed by atoms with van der Waals surface area (Å²) < 4.78 is 26.5. The molecule has 0 saturated heterocycles. The number of nitrogens with two attached hydrogens (primary N) is 1. The highest BCUT2D eigenvalue weighted by Gasteiger charge is 2.16. The monoisotopic (exact) mass is 453 g/mol. The number of carbonyl (C=O) groups is 1. The number of urea groups is 1. The van der Waals surface area contributed by atoms with E-state index < -0.39 is 16.1 Å². The van der Waals surface area contributed by atoms with Crippen LogP contribution in [0.4, 0.5) is 21.9 Å². The number of nitrogens with one attached hydrogen (secondary N) is 3. The molecule has 2 aromatic carbocycles. The van der Waals surface area contributed by atoms with Crippen LogP contribution in [0.5, 0.6) is 0 Å². The molecule has 9 heteroatoms. The molecule has 32 heavy (non-hydrogen) atoms. The highest BCUT2D eigenvalue weighted by molar-refractivity contribution is 7.90. The summed E-state index contributed by atoms with van der Waals surface area (Å²) in [6.07, 6.45) is 0.549. The Kier molecular flexibility index (Phi) is 6.99. The molecule has 0 aliphatic carbocycles. The molecule has 5 N–H and O–H groups in total. The molecular weight excluding hydrogens is 426 g/mol. The van der Waals surface area contributed by atoms with Crippen LogP contribution in [-0.4, -0.2) is 26.0 Å². The van der Waals surface area contributed by atoms with Crippen LogP contribution in [0.25, 0.3) is 0 Å². The van der Waals surface area contributed by atoms with Gasteiger partial charge in [0.2, 0.25) is 0 Å². The van der Waals surface area contributed by atoms with E-state index in [4.69, 9.17) is 5.73 Å². The number of nitrogens with zero attached hydrogens (tertiary/aromatic N) is 1. The Bertz CT molecular complexity index is 1210. The van der Waals surface area contributed by atoms with Crippen LogP contribution in [0.3, 0.4) is 0 Å². The molecular formula is C23H27N5O3S. The normalized spacial score (nSPS) is 11.1. The van der Waals surface area contributed by atoms with E-state index in [-0.39, 0.29) is 11.4 Å². The van der Waals surface area contributed by atoms with Crippen LogP contribution >= 0.6 is 0 Å². The van der Waals surface area contributed by atoms with E-state index in [1.54, 1.807) is 12.1 Å². The fourth-order valence-corrected chi connectivity index (χ4v) is 4.04. The van der Waals surface area contributed by atoms with Gasteiger partial charge in [0.05, 0.1) is 22.0 Å². The second kappa shape index (κ2) is 9.69. The fourth-order valence-electron chi connectivity index (χ4n) is 3.11. The summed E-state index contributed by atoms with van der Waals surface area (Å²) in [5, 5.41) is 5.86. The van der Waals surface area contributed by atoms with Crippen molar-refractivity contribution in [3.63, 3.8) is 0 Å². The number of hydrogen-bond donors (Lipinski definition) is 4. The topological polar surface area (TPSA) is 126 Å². The Morgan fingerprint density at radius 3 is 2.31 bits per heavy atom. The lowest BCUT2D eigenvalue weighted by Crippen LogP contribution is -2.40. The number of sulfonamides is 1. The van der Waals surface area contributed by atoms with Crippen molar-refractivity contribution in [3.8, 4) is 0 Å². The summed E-state index contributed by atoms with van der Waals surface area (Å²) in [5.41, 5.74) is 12.0. The average molecular weight is 454 g/mol. The van der Waals surface area contributed by atoms with E-state index in [0.717, 1.165) is 33.9 Å². The highest BCUT2D eigenvalue weighted by atomic mass is 32.2. The molecule has 2 amide bonds. The molecule has 8 nitrogen and oxygen atoms in total. The number of aryl methyl sites for hydroxylation is 3. The zero-order chi connectivity index (χ0) is 23.3. The minimum atomic E-state index is -3.90. The molecule has 0 aliphatic rings. The first-order valence-corrected chi connectivity index (χ1v) is 11.6. The highest BCUT2D eigenvalue weighted by Crippen LogP contribution is 2.26. The Hall–Kier alpha value is -3.59. The molecule has 0 fully saturated rings. The van der Waals surface area contributed by atoms with E-state index in [0.29, 0.717) is 12.1 Å². The predicted molar refractivity (Wildman–Crippen MR) is 126 cm³/mol. The molecule has 0 aliphatic heterocycles. The van der Waals surface area contributed by atoms with Gasteiger partial charge in [0, 0.05) is 17.9 Å². The van der Waals surface area contributed by atoms with E-state index in [2.05, 4.69) is 15.6 Å². The summed E-state index contributed by atoms with van der Waals surface area (Å²) in [7, 11) is -3.90. The summed E-state index contributed by atoms with van der Waals surface area (Å²) in [5.74, 6) is 0. The van der Waals surface area contributed by atoms with Crippen LogP contribution in [-0.2, 0) is 16.4 Å². The smallest absolute Gasteiger partial charge is 0.328 e. The third kappa shape index (κ3) is 5.98. The van der Waals surface area contributed by atoms with Crippen molar-refractivity contribution in [1.82, 2.24) is 15.0 Å². The van der Waals surface area contributed by atoms with Crippen molar-refractivity contribution in [3.05, 3.63) is 77.1 Å². The lowest BCUT2D eigenvalue weighted by atomic mass is 10.1. The number of benzene rings is 2. The van der Waals surface area contributed by atoms with Crippen molar-refractivity contribution in [2.75, 3.05) is 17.6 Å². The number of nitrogen functional groups attached to an aromatic ring is 1. The number of amides is 2. The molecule has 0 saturated carbocycles. The quantitative estimate of drug-likeness (QED) is 0.433. The molecule has 1 aromatic heterocycles. The molecule has 0 bridgehead atoms. The van der Waals surface area contributed by atoms with E-state index >= 15 is 0 Å². The van der Waals surface area contributed by atoms with Crippen LogP contribution in [0.2, 0.25) is 0 Å². The van der Waals surface area contributed by atoms with Gasteiger partial charge in [0.1, 0.15) is 0 Å². The van der Waals surface area contributed by atoms with Gasteiger partial charge in [-0.1, -0.05) is 29.8 Å². The number of hydrogen-bond acceptors (Lipinski definition) is 6. The maximum absolute atomic E-state index is 12.2. The summed E-state index contributed by atoms with van der Waals surface area (Å²) >= 11 is 0. The number of pyridine rings is 1. The Morgan fingerprint density at radius 1 is 1.00 bits per heavy atom. The number of carbonyl (C=O) groups excluding carboxylic acids is 1. The van der Waals surface area contributed by atoms with Gasteiger partial charge in [0.25, 0.3) is 10.0 Å². The second-order valence-corrected chi connectivity index (χ2v) is 9.24.